The molecule has 0 unspecified atom stereocenters. The van der Waals surface area contributed by atoms with Gasteiger partial charge in [0.2, 0.25) is 5.91 Å². The van der Waals surface area contributed by atoms with Crippen LogP contribution in [0.1, 0.15) is 45.4 Å². The second kappa shape index (κ2) is 8.97. The zero-order valence-electron chi connectivity index (χ0n) is 14.2. The van der Waals surface area contributed by atoms with Gasteiger partial charge in [-0.2, -0.15) is 0 Å². The number of nitrogens with one attached hydrogen (secondary N) is 2. The van der Waals surface area contributed by atoms with Crippen LogP contribution in [-0.4, -0.2) is 24.5 Å². The number of halogens is 2. The van der Waals surface area contributed by atoms with Gasteiger partial charge in [0, 0.05) is 24.3 Å². The molecule has 1 amide bonds. The number of amides is 1. The largest absolute Gasteiger partial charge is 0.383 e. The Morgan fingerprint density at radius 1 is 1.21 bits per heavy atom. The fourth-order valence-corrected chi connectivity index (χ4v) is 3.22. The van der Waals surface area contributed by atoms with Gasteiger partial charge in [-0.1, -0.05) is 32.1 Å². The Morgan fingerprint density at radius 3 is 2.46 bits per heavy atom. The highest BCUT2D eigenvalue weighted by Crippen LogP contribution is 2.26. The Labute approximate surface area is 142 Å². The zero-order valence-corrected chi connectivity index (χ0v) is 14.2. The molecule has 4 N–H and O–H groups in total. The van der Waals surface area contributed by atoms with E-state index in [4.69, 9.17) is 5.73 Å². The Bertz CT molecular complexity index is 527. The summed E-state index contributed by atoms with van der Waals surface area (Å²) in [5.74, 6) is -0.893. The van der Waals surface area contributed by atoms with Crippen LogP contribution in [0.5, 0.6) is 0 Å². The lowest BCUT2D eigenvalue weighted by Crippen LogP contribution is -2.47. The first-order valence-corrected chi connectivity index (χ1v) is 8.70. The topological polar surface area (TPSA) is 67.1 Å². The molecule has 0 bridgehead atoms. The summed E-state index contributed by atoms with van der Waals surface area (Å²) in [7, 11) is 0. The quantitative estimate of drug-likeness (QED) is 0.715. The van der Waals surface area contributed by atoms with Crippen LogP contribution in [0.2, 0.25) is 0 Å². The third kappa shape index (κ3) is 6.07. The summed E-state index contributed by atoms with van der Waals surface area (Å²) in [4.78, 5) is 12.2. The first-order valence-electron chi connectivity index (χ1n) is 8.70. The van der Waals surface area contributed by atoms with Gasteiger partial charge in [-0.3, -0.25) is 4.79 Å². The van der Waals surface area contributed by atoms with Crippen LogP contribution in [-0.2, 0) is 4.79 Å². The molecule has 0 radical (unpaired) electrons. The molecule has 0 aromatic heterocycles. The standard InChI is InChI=1S/C18H27F2N3O/c1-12(11-22-16-9-14(19)8-15(20)10-16)23-18(24)17(21)7-13-5-3-2-4-6-13/h8-10,12-13,17,22H,2-7,11,21H2,1H3,(H,23,24)/t12-,17-/m0/s1. The number of hydrogen-bond donors (Lipinski definition) is 3. The van der Waals surface area contributed by atoms with E-state index >= 15 is 0 Å². The van der Waals surface area contributed by atoms with E-state index in [1.54, 1.807) is 0 Å². The molecule has 1 aliphatic carbocycles. The van der Waals surface area contributed by atoms with Gasteiger partial charge in [-0.05, 0) is 31.4 Å². The molecule has 0 spiro atoms. The summed E-state index contributed by atoms with van der Waals surface area (Å²) in [5, 5.41) is 5.77. The first kappa shape index (κ1) is 18.6. The average molecular weight is 339 g/mol. The van der Waals surface area contributed by atoms with Crippen molar-refractivity contribution in [2.75, 3.05) is 11.9 Å². The lowest BCUT2D eigenvalue weighted by molar-refractivity contribution is -0.123. The van der Waals surface area contributed by atoms with Crippen LogP contribution >= 0.6 is 0 Å². The average Bonchev–Trinajstić information content (AvgIpc) is 2.53. The fourth-order valence-electron chi connectivity index (χ4n) is 3.22. The van der Waals surface area contributed by atoms with Crippen LogP contribution < -0.4 is 16.4 Å². The molecule has 1 aliphatic rings. The van der Waals surface area contributed by atoms with Crippen molar-refractivity contribution < 1.29 is 13.6 Å². The van der Waals surface area contributed by atoms with Crippen molar-refractivity contribution in [3.05, 3.63) is 29.8 Å². The normalized spacial score (nSPS) is 18.0. The third-order valence-corrected chi connectivity index (χ3v) is 4.51. The van der Waals surface area contributed by atoms with E-state index in [1.165, 1.54) is 31.4 Å². The number of rotatable bonds is 7. The summed E-state index contributed by atoms with van der Waals surface area (Å²) in [5.41, 5.74) is 6.36. The molecule has 0 aliphatic heterocycles. The number of carbonyl (C=O) groups excluding carboxylic acids is 1. The summed E-state index contributed by atoms with van der Waals surface area (Å²) in [6.07, 6.45) is 6.77. The Balaban J connectivity index is 1.74. The third-order valence-electron chi connectivity index (χ3n) is 4.51. The van der Waals surface area contributed by atoms with Gasteiger partial charge in [-0.25, -0.2) is 8.78 Å². The minimum absolute atomic E-state index is 0.166. The summed E-state index contributed by atoms with van der Waals surface area (Å²) in [6.45, 7) is 2.19. The van der Waals surface area contributed by atoms with E-state index in [9.17, 15) is 13.6 Å². The second-order valence-corrected chi connectivity index (χ2v) is 6.79. The van der Waals surface area contributed by atoms with Crippen LogP contribution in [0, 0.1) is 17.6 Å². The molecule has 2 atom stereocenters. The number of benzene rings is 1. The molecule has 24 heavy (non-hydrogen) atoms. The summed E-state index contributed by atoms with van der Waals surface area (Å²) in [6, 6.07) is 2.56. The molecular formula is C18H27F2N3O. The smallest absolute Gasteiger partial charge is 0.237 e. The number of hydrogen-bond acceptors (Lipinski definition) is 3. The summed E-state index contributed by atoms with van der Waals surface area (Å²) < 4.78 is 26.2. The number of carbonyl (C=O) groups is 1. The maximum absolute atomic E-state index is 13.1. The molecular weight excluding hydrogens is 312 g/mol. The minimum Gasteiger partial charge on any atom is -0.383 e. The predicted octanol–water partition coefficient (Wildman–Crippen LogP) is 3.18. The zero-order chi connectivity index (χ0) is 17.5. The monoisotopic (exact) mass is 339 g/mol. The van der Waals surface area contributed by atoms with Gasteiger partial charge in [0.25, 0.3) is 0 Å². The van der Waals surface area contributed by atoms with E-state index in [0.29, 0.717) is 18.2 Å². The van der Waals surface area contributed by atoms with Crippen molar-refractivity contribution in [2.45, 2.75) is 57.5 Å². The molecule has 134 valence electrons. The van der Waals surface area contributed by atoms with Crippen molar-refractivity contribution in [3.63, 3.8) is 0 Å². The van der Waals surface area contributed by atoms with Crippen molar-refractivity contribution >= 4 is 11.6 Å². The molecule has 1 saturated carbocycles. The molecule has 1 aromatic rings. The van der Waals surface area contributed by atoms with E-state index in [0.717, 1.165) is 25.3 Å². The Hall–Kier alpha value is -1.69. The molecule has 1 fully saturated rings. The van der Waals surface area contributed by atoms with Crippen LogP contribution in [0.15, 0.2) is 18.2 Å². The highest BCUT2D eigenvalue weighted by Gasteiger charge is 2.22. The van der Waals surface area contributed by atoms with E-state index in [2.05, 4.69) is 10.6 Å². The molecule has 6 heteroatoms. The lowest BCUT2D eigenvalue weighted by Gasteiger charge is -2.25. The molecule has 0 heterocycles. The van der Waals surface area contributed by atoms with Gasteiger partial charge < -0.3 is 16.4 Å². The van der Waals surface area contributed by atoms with Crippen molar-refractivity contribution in [1.82, 2.24) is 5.32 Å². The number of anilines is 1. The van der Waals surface area contributed by atoms with Crippen molar-refractivity contribution in [1.29, 1.82) is 0 Å². The van der Waals surface area contributed by atoms with Gasteiger partial charge in [0.15, 0.2) is 0 Å². The first-order chi connectivity index (χ1) is 11.4. The second-order valence-electron chi connectivity index (χ2n) is 6.79. The van der Waals surface area contributed by atoms with Gasteiger partial charge in [0.1, 0.15) is 11.6 Å². The van der Waals surface area contributed by atoms with Gasteiger partial charge in [-0.15, -0.1) is 0 Å². The maximum atomic E-state index is 13.1. The Kier molecular flexibility index (Phi) is 6.97. The SMILES string of the molecule is C[C@@H](CNc1cc(F)cc(F)c1)NC(=O)[C@@H](N)CC1CCCCC1. The van der Waals surface area contributed by atoms with E-state index < -0.39 is 17.7 Å². The molecule has 4 nitrogen and oxygen atoms in total. The van der Waals surface area contributed by atoms with Crippen LogP contribution in [0.3, 0.4) is 0 Å². The van der Waals surface area contributed by atoms with Crippen molar-refractivity contribution in [3.8, 4) is 0 Å². The summed E-state index contributed by atoms with van der Waals surface area (Å²) >= 11 is 0. The molecule has 0 saturated heterocycles. The van der Waals surface area contributed by atoms with E-state index in [1.807, 2.05) is 6.92 Å². The molecule has 1 aromatic carbocycles. The Morgan fingerprint density at radius 2 is 1.83 bits per heavy atom. The minimum atomic E-state index is -0.635. The van der Waals surface area contributed by atoms with Crippen LogP contribution in [0.25, 0.3) is 0 Å². The highest BCUT2D eigenvalue weighted by molar-refractivity contribution is 5.81. The van der Waals surface area contributed by atoms with Crippen molar-refractivity contribution in [2.24, 2.45) is 11.7 Å². The number of nitrogens with two attached hydrogens (primary N) is 1. The predicted molar refractivity (Wildman–Crippen MR) is 91.6 cm³/mol. The molecule has 2 rings (SSSR count). The van der Waals surface area contributed by atoms with Crippen LogP contribution in [0.4, 0.5) is 14.5 Å². The van der Waals surface area contributed by atoms with Gasteiger partial charge in [0.05, 0.1) is 6.04 Å². The van der Waals surface area contributed by atoms with E-state index in [-0.39, 0.29) is 11.9 Å². The van der Waals surface area contributed by atoms with Gasteiger partial charge >= 0.3 is 0 Å². The highest BCUT2D eigenvalue weighted by atomic mass is 19.1. The fraction of sp³-hybridized carbons (Fsp3) is 0.611. The maximum Gasteiger partial charge on any atom is 0.237 e. The lowest BCUT2D eigenvalue weighted by atomic mass is 9.85.